The number of anilines is 3. The number of rotatable bonds is 11. The molecule has 0 aliphatic heterocycles. The Labute approximate surface area is 243 Å². The summed E-state index contributed by atoms with van der Waals surface area (Å²) in [6.07, 6.45) is 1.83. The third-order valence-corrected chi connectivity index (χ3v) is 7.85. The molecule has 4 heteroatoms. The molecule has 4 nitrogen and oxygen atoms in total. The highest BCUT2D eigenvalue weighted by molar-refractivity contribution is 5.77. The molecule has 5 rings (SSSR count). The molecule has 41 heavy (non-hydrogen) atoms. The Kier molecular flexibility index (Phi) is 8.59. The van der Waals surface area contributed by atoms with E-state index in [1.807, 2.05) is 30.3 Å². The Bertz CT molecular complexity index is 1520. The summed E-state index contributed by atoms with van der Waals surface area (Å²) in [5.41, 5.74) is 6.72. The highest BCUT2D eigenvalue weighted by Crippen LogP contribution is 2.40. The normalized spacial score (nSPS) is 11.1. The van der Waals surface area contributed by atoms with Gasteiger partial charge in [0.1, 0.15) is 17.2 Å². The monoisotopic (exact) mass is 543 g/mol. The molecule has 0 saturated carbocycles. The smallest absolute Gasteiger partial charge is 0.120 e. The lowest BCUT2D eigenvalue weighted by atomic mass is 9.72. The van der Waals surface area contributed by atoms with Crippen molar-refractivity contribution in [3.63, 3.8) is 0 Å². The Balaban J connectivity index is 1.45. The van der Waals surface area contributed by atoms with Gasteiger partial charge in [-0.3, -0.25) is 0 Å². The van der Waals surface area contributed by atoms with Gasteiger partial charge in [0, 0.05) is 28.5 Å². The maximum atomic E-state index is 5.58. The predicted octanol–water partition coefficient (Wildman–Crippen LogP) is 9.12. The first kappa shape index (κ1) is 27.9. The van der Waals surface area contributed by atoms with Crippen LogP contribution in [-0.4, -0.2) is 21.3 Å². The van der Waals surface area contributed by atoms with Gasteiger partial charge in [0.05, 0.1) is 21.3 Å². The van der Waals surface area contributed by atoms with Crippen LogP contribution in [0.5, 0.6) is 17.2 Å². The summed E-state index contributed by atoms with van der Waals surface area (Å²) in [7, 11) is 5.13. The molecule has 0 spiro atoms. The Morgan fingerprint density at radius 1 is 0.512 bits per heavy atom. The van der Waals surface area contributed by atoms with E-state index in [9.17, 15) is 0 Å². The fraction of sp³-hybridized carbons (Fsp3) is 0.189. The van der Waals surface area contributed by atoms with Gasteiger partial charge in [-0.15, -0.1) is 0 Å². The average molecular weight is 544 g/mol. The number of hydrogen-bond donors (Lipinski definition) is 0. The maximum Gasteiger partial charge on any atom is 0.120 e. The highest BCUT2D eigenvalue weighted by Gasteiger charge is 2.29. The molecule has 0 aliphatic carbocycles. The third kappa shape index (κ3) is 6.22. The van der Waals surface area contributed by atoms with Gasteiger partial charge in [-0.25, -0.2) is 0 Å². The van der Waals surface area contributed by atoms with Gasteiger partial charge >= 0.3 is 0 Å². The van der Waals surface area contributed by atoms with Crippen molar-refractivity contribution in [1.29, 1.82) is 0 Å². The van der Waals surface area contributed by atoms with Crippen LogP contribution >= 0.6 is 0 Å². The summed E-state index contributed by atoms with van der Waals surface area (Å²) < 4.78 is 16.7. The maximum absolute atomic E-state index is 5.58. The van der Waals surface area contributed by atoms with Crippen LogP contribution < -0.4 is 19.1 Å². The van der Waals surface area contributed by atoms with Crippen LogP contribution in [0.3, 0.4) is 0 Å². The first-order valence-corrected chi connectivity index (χ1v) is 13.9. The van der Waals surface area contributed by atoms with Crippen molar-refractivity contribution in [2.75, 3.05) is 26.2 Å². The van der Waals surface area contributed by atoms with Gasteiger partial charge in [0.2, 0.25) is 0 Å². The summed E-state index contributed by atoms with van der Waals surface area (Å²) in [4.78, 5) is 2.25. The summed E-state index contributed by atoms with van der Waals surface area (Å²) in [6.45, 7) is 2.31. The molecular formula is C37H37NO3. The van der Waals surface area contributed by atoms with E-state index >= 15 is 0 Å². The van der Waals surface area contributed by atoms with Crippen molar-refractivity contribution in [2.45, 2.75) is 25.2 Å². The van der Waals surface area contributed by atoms with Crippen molar-refractivity contribution in [2.24, 2.45) is 0 Å². The van der Waals surface area contributed by atoms with Crippen LogP contribution in [0.15, 0.2) is 127 Å². The molecule has 0 bridgehead atoms. The molecule has 208 valence electrons. The zero-order valence-corrected chi connectivity index (χ0v) is 24.2. The Hall–Kier alpha value is -4.70. The number of ether oxygens (including phenoxy) is 3. The number of para-hydroxylation sites is 1. The number of benzene rings is 5. The molecule has 5 aromatic rings. The minimum absolute atomic E-state index is 0.238. The molecule has 0 heterocycles. The largest absolute Gasteiger partial charge is 0.497 e. The molecule has 0 amide bonds. The van der Waals surface area contributed by atoms with E-state index in [-0.39, 0.29) is 5.41 Å². The van der Waals surface area contributed by atoms with Gasteiger partial charge < -0.3 is 19.1 Å². The molecule has 0 radical (unpaired) electrons. The molecule has 0 N–H and O–H groups in total. The van der Waals surface area contributed by atoms with E-state index in [0.29, 0.717) is 0 Å². The van der Waals surface area contributed by atoms with E-state index in [1.165, 1.54) is 16.7 Å². The zero-order valence-electron chi connectivity index (χ0n) is 24.2. The molecule has 0 unspecified atom stereocenters. The lowest BCUT2D eigenvalue weighted by Gasteiger charge is -2.32. The third-order valence-electron chi connectivity index (χ3n) is 7.85. The second kappa shape index (κ2) is 12.6. The highest BCUT2D eigenvalue weighted by atomic mass is 16.5. The van der Waals surface area contributed by atoms with E-state index in [2.05, 4.69) is 109 Å². The van der Waals surface area contributed by atoms with E-state index in [1.54, 1.807) is 21.3 Å². The van der Waals surface area contributed by atoms with Gasteiger partial charge in [-0.2, -0.15) is 0 Å². The SMILES string of the molecule is COc1cccc(N(c2ccccc2)c2ccc(CCC(C)(c3cccc(OC)c3)c3cccc(OC)c3)cc2)c1. The molecule has 5 aromatic carbocycles. The van der Waals surface area contributed by atoms with Crippen molar-refractivity contribution >= 4 is 17.1 Å². The van der Waals surface area contributed by atoms with Gasteiger partial charge in [-0.1, -0.05) is 67.6 Å². The summed E-state index contributed by atoms with van der Waals surface area (Å²) in [5.74, 6) is 2.55. The van der Waals surface area contributed by atoms with Crippen molar-refractivity contribution in [1.82, 2.24) is 0 Å². The standard InChI is InChI=1S/C37H37NO3/c1-37(29-11-8-16-34(25-29)39-2,30-12-9-17-35(26-30)40-3)24-23-28-19-21-32(22-20-28)38(31-13-6-5-7-14-31)33-15-10-18-36(27-33)41-4/h5-22,25-27H,23-24H2,1-4H3. The Morgan fingerprint density at radius 2 is 1.00 bits per heavy atom. The predicted molar refractivity (Wildman–Crippen MR) is 168 cm³/mol. The first-order valence-electron chi connectivity index (χ1n) is 13.9. The quantitative estimate of drug-likeness (QED) is 0.166. The first-order chi connectivity index (χ1) is 20.0. The van der Waals surface area contributed by atoms with Crippen molar-refractivity contribution in [3.8, 4) is 17.2 Å². The zero-order chi connectivity index (χ0) is 28.7. The van der Waals surface area contributed by atoms with Crippen LogP contribution in [0.25, 0.3) is 0 Å². The van der Waals surface area contributed by atoms with Crippen LogP contribution in [0.2, 0.25) is 0 Å². The number of nitrogens with zero attached hydrogens (tertiary/aromatic N) is 1. The number of hydrogen-bond acceptors (Lipinski definition) is 4. The lowest BCUT2D eigenvalue weighted by molar-refractivity contribution is 0.409. The van der Waals surface area contributed by atoms with Gasteiger partial charge in [-0.05, 0) is 90.2 Å². The molecule has 0 fully saturated rings. The van der Waals surface area contributed by atoms with Crippen molar-refractivity contribution in [3.05, 3.63) is 144 Å². The second-order valence-corrected chi connectivity index (χ2v) is 10.3. The average Bonchev–Trinajstić information content (AvgIpc) is 3.05. The van der Waals surface area contributed by atoms with Crippen LogP contribution in [0.1, 0.15) is 30.0 Å². The molecule has 0 saturated heterocycles. The number of methoxy groups -OCH3 is 3. The molecule has 0 aliphatic rings. The topological polar surface area (TPSA) is 30.9 Å². The van der Waals surface area contributed by atoms with Crippen LogP contribution in [0.4, 0.5) is 17.1 Å². The summed E-state index contributed by atoms with van der Waals surface area (Å²) in [5, 5.41) is 0. The van der Waals surface area contributed by atoms with Crippen LogP contribution in [-0.2, 0) is 11.8 Å². The van der Waals surface area contributed by atoms with Crippen molar-refractivity contribution < 1.29 is 14.2 Å². The molecular weight excluding hydrogens is 506 g/mol. The second-order valence-electron chi connectivity index (χ2n) is 10.3. The van der Waals surface area contributed by atoms with Gasteiger partial charge in [0.15, 0.2) is 0 Å². The molecule has 0 atom stereocenters. The lowest BCUT2D eigenvalue weighted by Crippen LogP contribution is -2.24. The van der Waals surface area contributed by atoms with E-state index in [4.69, 9.17) is 14.2 Å². The van der Waals surface area contributed by atoms with Crippen LogP contribution in [0, 0.1) is 0 Å². The van der Waals surface area contributed by atoms with E-state index in [0.717, 1.165) is 47.2 Å². The summed E-state index contributed by atoms with van der Waals surface area (Å²) >= 11 is 0. The Morgan fingerprint density at radius 3 is 1.56 bits per heavy atom. The minimum Gasteiger partial charge on any atom is -0.497 e. The summed E-state index contributed by atoms with van der Waals surface area (Å²) in [6, 6.07) is 44.3. The van der Waals surface area contributed by atoms with E-state index < -0.39 is 0 Å². The van der Waals surface area contributed by atoms with Gasteiger partial charge in [0.25, 0.3) is 0 Å². The fourth-order valence-electron chi connectivity index (χ4n) is 5.37. The fourth-order valence-corrected chi connectivity index (χ4v) is 5.37. The molecule has 0 aromatic heterocycles. The number of aryl methyl sites for hydroxylation is 1. The minimum atomic E-state index is -0.238.